The summed E-state index contributed by atoms with van der Waals surface area (Å²) in [5.41, 5.74) is 4.70. The second-order valence-electron chi connectivity index (χ2n) is 3.55. The monoisotopic (exact) mass is 185 g/mol. The van der Waals surface area contributed by atoms with Crippen LogP contribution in [0.4, 0.5) is 5.69 Å². The molecule has 1 aliphatic heterocycles. The van der Waals surface area contributed by atoms with Gasteiger partial charge in [-0.05, 0) is 19.1 Å². The molecule has 0 fully saturated rings. The highest BCUT2D eigenvalue weighted by molar-refractivity contribution is 5.77. The van der Waals surface area contributed by atoms with Gasteiger partial charge in [0, 0.05) is 11.3 Å². The van der Waals surface area contributed by atoms with Crippen molar-refractivity contribution < 1.29 is 0 Å². The number of rotatable bonds is 0. The van der Waals surface area contributed by atoms with Gasteiger partial charge in [0.1, 0.15) is 6.67 Å². The van der Waals surface area contributed by atoms with E-state index in [0.29, 0.717) is 0 Å². The zero-order valence-corrected chi connectivity index (χ0v) is 7.99. The first kappa shape index (κ1) is 7.62. The van der Waals surface area contributed by atoms with Gasteiger partial charge in [0.25, 0.3) is 0 Å². The Bertz CT molecular complexity index is 485. The van der Waals surface area contributed by atoms with Crippen molar-refractivity contribution >= 4 is 5.69 Å². The molecule has 2 heterocycles. The average molecular weight is 185 g/mol. The molecule has 1 aromatic carbocycles. The van der Waals surface area contributed by atoms with Crippen molar-refractivity contribution in [1.82, 2.24) is 9.78 Å². The van der Waals surface area contributed by atoms with Gasteiger partial charge < -0.3 is 5.32 Å². The summed E-state index contributed by atoms with van der Waals surface area (Å²) < 4.78 is 2.00. The molecule has 3 nitrogen and oxygen atoms in total. The van der Waals surface area contributed by atoms with E-state index in [1.54, 1.807) is 0 Å². The molecule has 2 aromatic rings. The molecule has 0 atom stereocenters. The fourth-order valence-corrected chi connectivity index (χ4v) is 1.90. The Hall–Kier alpha value is -1.77. The fraction of sp³-hybridized carbons (Fsp3) is 0.182. The van der Waals surface area contributed by atoms with Gasteiger partial charge in [-0.15, -0.1) is 0 Å². The number of nitrogens with zero attached hydrogens (tertiary/aromatic N) is 2. The molecule has 1 aromatic heterocycles. The van der Waals surface area contributed by atoms with E-state index in [9.17, 15) is 0 Å². The van der Waals surface area contributed by atoms with Gasteiger partial charge in [0.05, 0.1) is 11.4 Å². The number of anilines is 1. The molecule has 3 rings (SSSR count). The lowest BCUT2D eigenvalue weighted by atomic mass is 10.1. The van der Waals surface area contributed by atoms with Crippen LogP contribution in [0.5, 0.6) is 0 Å². The topological polar surface area (TPSA) is 29.9 Å². The quantitative estimate of drug-likeness (QED) is 0.682. The molecular formula is C11H11N3. The lowest BCUT2D eigenvalue weighted by Gasteiger charge is -2.19. The predicted octanol–water partition coefficient (Wildman–Crippen LogP) is 2.24. The highest BCUT2D eigenvalue weighted by atomic mass is 15.3. The van der Waals surface area contributed by atoms with Gasteiger partial charge in [-0.1, -0.05) is 18.2 Å². The van der Waals surface area contributed by atoms with E-state index in [4.69, 9.17) is 0 Å². The van der Waals surface area contributed by atoms with Crippen molar-refractivity contribution in [3.05, 3.63) is 36.0 Å². The minimum Gasteiger partial charge on any atom is -0.366 e. The van der Waals surface area contributed by atoms with E-state index >= 15 is 0 Å². The number of benzene rings is 1. The largest absolute Gasteiger partial charge is 0.366 e. The smallest absolute Gasteiger partial charge is 0.110 e. The maximum absolute atomic E-state index is 4.40. The van der Waals surface area contributed by atoms with Crippen molar-refractivity contribution in [1.29, 1.82) is 0 Å². The maximum Gasteiger partial charge on any atom is 0.110 e. The van der Waals surface area contributed by atoms with Crippen molar-refractivity contribution in [3.8, 4) is 11.3 Å². The SMILES string of the molecule is Cc1cc2n(n1)CNc1ccccc1-2. The molecule has 0 radical (unpaired) electrons. The molecule has 0 unspecified atom stereocenters. The molecule has 0 aliphatic carbocycles. The van der Waals surface area contributed by atoms with Crippen LogP contribution < -0.4 is 5.32 Å². The van der Waals surface area contributed by atoms with Gasteiger partial charge in [0.2, 0.25) is 0 Å². The lowest BCUT2D eigenvalue weighted by molar-refractivity contribution is 0.662. The molecule has 0 saturated heterocycles. The third kappa shape index (κ3) is 0.954. The van der Waals surface area contributed by atoms with E-state index < -0.39 is 0 Å². The van der Waals surface area contributed by atoms with Crippen LogP contribution in [0.2, 0.25) is 0 Å². The number of nitrogens with one attached hydrogen (secondary N) is 1. The summed E-state index contributed by atoms with van der Waals surface area (Å²) in [6, 6.07) is 10.4. The third-order valence-electron chi connectivity index (χ3n) is 2.52. The Kier molecular flexibility index (Phi) is 1.42. The maximum atomic E-state index is 4.40. The van der Waals surface area contributed by atoms with E-state index in [1.807, 2.05) is 17.7 Å². The summed E-state index contributed by atoms with van der Waals surface area (Å²) in [6.07, 6.45) is 0. The van der Waals surface area contributed by atoms with Crippen LogP contribution in [0.25, 0.3) is 11.3 Å². The van der Waals surface area contributed by atoms with Crippen molar-refractivity contribution in [2.45, 2.75) is 13.6 Å². The van der Waals surface area contributed by atoms with Crippen LogP contribution >= 0.6 is 0 Å². The summed E-state index contributed by atoms with van der Waals surface area (Å²) in [4.78, 5) is 0. The summed E-state index contributed by atoms with van der Waals surface area (Å²) in [5, 5.41) is 7.74. The number of aryl methyl sites for hydroxylation is 1. The fourth-order valence-electron chi connectivity index (χ4n) is 1.90. The molecular weight excluding hydrogens is 174 g/mol. The van der Waals surface area contributed by atoms with E-state index in [-0.39, 0.29) is 0 Å². The van der Waals surface area contributed by atoms with Gasteiger partial charge in [-0.25, -0.2) is 4.68 Å². The van der Waals surface area contributed by atoms with E-state index in [2.05, 4.69) is 34.7 Å². The summed E-state index contributed by atoms with van der Waals surface area (Å²) in [5.74, 6) is 0. The third-order valence-corrected chi connectivity index (χ3v) is 2.52. The van der Waals surface area contributed by atoms with E-state index in [0.717, 1.165) is 12.4 Å². The molecule has 0 saturated carbocycles. The zero-order valence-electron chi connectivity index (χ0n) is 7.99. The Morgan fingerprint density at radius 3 is 3.14 bits per heavy atom. The van der Waals surface area contributed by atoms with Gasteiger partial charge in [0.15, 0.2) is 0 Å². The summed E-state index contributed by atoms with van der Waals surface area (Å²) >= 11 is 0. The molecule has 0 spiro atoms. The Labute approximate surface area is 82.4 Å². The molecule has 0 amide bonds. The molecule has 3 heteroatoms. The number of hydrogen-bond donors (Lipinski definition) is 1. The zero-order chi connectivity index (χ0) is 9.54. The van der Waals surface area contributed by atoms with Crippen LogP contribution in [-0.2, 0) is 6.67 Å². The Morgan fingerprint density at radius 2 is 2.21 bits per heavy atom. The Balaban J connectivity index is 2.28. The standard InChI is InChI=1S/C11H11N3/c1-8-6-11-9-4-2-3-5-10(9)12-7-14(11)13-8/h2-6,12H,7H2,1H3. The summed E-state index contributed by atoms with van der Waals surface area (Å²) in [7, 11) is 0. The second kappa shape index (κ2) is 2.61. The number of fused-ring (bicyclic) bond motifs is 3. The van der Waals surface area contributed by atoms with Gasteiger partial charge in [-0.2, -0.15) is 5.10 Å². The first-order valence-electron chi connectivity index (χ1n) is 4.72. The van der Waals surface area contributed by atoms with Gasteiger partial charge >= 0.3 is 0 Å². The van der Waals surface area contributed by atoms with Crippen LogP contribution in [0.1, 0.15) is 5.69 Å². The van der Waals surface area contributed by atoms with Crippen molar-refractivity contribution in [3.63, 3.8) is 0 Å². The highest BCUT2D eigenvalue weighted by Gasteiger charge is 2.15. The van der Waals surface area contributed by atoms with Crippen molar-refractivity contribution in [2.24, 2.45) is 0 Å². The molecule has 70 valence electrons. The van der Waals surface area contributed by atoms with E-state index in [1.165, 1.54) is 16.9 Å². The predicted molar refractivity (Wildman–Crippen MR) is 56.0 cm³/mol. The van der Waals surface area contributed by atoms with Crippen LogP contribution in [-0.4, -0.2) is 9.78 Å². The van der Waals surface area contributed by atoms with Crippen LogP contribution in [0.15, 0.2) is 30.3 Å². The number of hydrogen-bond acceptors (Lipinski definition) is 2. The number of para-hydroxylation sites is 1. The van der Waals surface area contributed by atoms with Crippen molar-refractivity contribution in [2.75, 3.05) is 5.32 Å². The first-order chi connectivity index (χ1) is 6.84. The molecule has 1 aliphatic rings. The molecule has 0 bridgehead atoms. The lowest BCUT2D eigenvalue weighted by Crippen LogP contribution is -2.16. The first-order valence-corrected chi connectivity index (χ1v) is 4.72. The van der Waals surface area contributed by atoms with Crippen LogP contribution in [0, 0.1) is 6.92 Å². The molecule has 1 N–H and O–H groups in total. The highest BCUT2D eigenvalue weighted by Crippen LogP contribution is 2.31. The number of aromatic nitrogens is 2. The minimum absolute atomic E-state index is 0.764. The normalized spacial score (nSPS) is 12.9. The second-order valence-corrected chi connectivity index (χ2v) is 3.55. The summed E-state index contributed by atoms with van der Waals surface area (Å²) in [6.45, 7) is 2.79. The van der Waals surface area contributed by atoms with Crippen LogP contribution in [0.3, 0.4) is 0 Å². The average Bonchev–Trinajstić information content (AvgIpc) is 2.59. The minimum atomic E-state index is 0.764. The van der Waals surface area contributed by atoms with Gasteiger partial charge in [-0.3, -0.25) is 0 Å². The Morgan fingerprint density at radius 1 is 1.36 bits per heavy atom. The molecule has 14 heavy (non-hydrogen) atoms.